The first-order valence-corrected chi connectivity index (χ1v) is 20.0. The van der Waals surface area contributed by atoms with Crippen molar-refractivity contribution in [1.29, 1.82) is 0 Å². The van der Waals surface area contributed by atoms with Gasteiger partial charge in [-0.05, 0) is 74.8 Å². The summed E-state index contributed by atoms with van der Waals surface area (Å²) < 4.78 is 0. The summed E-state index contributed by atoms with van der Waals surface area (Å²) in [4.78, 5) is 19.6. The lowest BCUT2D eigenvalue weighted by Crippen LogP contribution is -2.28. The minimum absolute atomic E-state index is 0.537. The highest BCUT2D eigenvalue weighted by atomic mass is 14.8. The lowest BCUT2D eigenvalue weighted by atomic mass is 9.67. The number of rotatable bonds is 5. The predicted octanol–water partition coefficient (Wildman–Crippen LogP) is 13.2. The highest BCUT2D eigenvalue weighted by Gasteiger charge is 2.46. The molecule has 0 spiro atoms. The molecular formula is C55H34N4. The first-order chi connectivity index (χ1) is 29.2. The molecule has 7 aromatic carbocycles. The molecule has 0 N–H and O–H groups in total. The van der Waals surface area contributed by atoms with E-state index in [-0.39, 0.29) is 0 Å². The third-order valence-corrected chi connectivity index (χ3v) is 12.2. The summed E-state index contributed by atoms with van der Waals surface area (Å²) in [7, 11) is 0. The van der Waals surface area contributed by atoms with Crippen molar-refractivity contribution in [3.8, 4) is 44.8 Å². The van der Waals surface area contributed by atoms with E-state index in [2.05, 4.69) is 187 Å². The van der Waals surface area contributed by atoms with Crippen molar-refractivity contribution in [3.05, 3.63) is 229 Å². The molecule has 0 amide bonds. The van der Waals surface area contributed by atoms with Crippen LogP contribution in [0.4, 0.5) is 0 Å². The molecular weight excluding hydrogens is 717 g/mol. The minimum Gasteiger partial charge on any atom is -0.254 e. The van der Waals surface area contributed by atoms with E-state index in [0.717, 1.165) is 77.3 Å². The number of pyridine rings is 4. The van der Waals surface area contributed by atoms with E-state index in [1.807, 2.05) is 24.5 Å². The van der Waals surface area contributed by atoms with Crippen LogP contribution >= 0.6 is 0 Å². The highest BCUT2D eigenvalue weighted by molar-refractivity contribution is 6.04. The maximum absolute atomic E-state index is 5.17. The maximum Gasteiger partial charge on any atom is 0.0972 e. The molecule has 4 nitrogen and oxygen atoms in total. The first kappa shape index (κ1) is 33.3. The van der Waals surface area contributed by atoms with Gasteiger partial charge in [-0.25, -0.2) is 9.97 Å². The zero-order valence-corrected chi connectivity index (χ0v) is 31.9. The van der Waals surface area contributed by atoms with Crippen molar-refractivity contribution in [1.82, 2.24) is 19.9 Å². The molecule has 12 rings (SSSR count). The van der Waals surface area contributed by atoms with Crippen LogP contribution in [0, 0.1) is 0 Å². The van der Waals surface area contributed by atoms with Gasteiger partial charge in [-0.15, -0.1) is 0 Å². The number of aromatic nitrogens is 4. The number of hydrogen-bond acceptors (Lipinski definition) is 4. The first-order valence-electron chi connectivity index (χ1n) is 20.0. The van der Waals surface area contributed by atoms with Crippen molar-refractivity contribution >= 4 is 43.6 Å². The van der Waals surface area contributed by atoms with Crippen molar-refractivity contribution in [2.75, 3.05) is 0 Å². The van der Waals surface area contributed by atoms with E-state index in [4.69, 9.17) is 15.0 Å². The fraction of sp³-hybridized carbons (Fsp3) is 0.0182. The second kappa shape index (κ2) is 13.1. The number of fused-ring (bicyclic) bond motifs is 9. The van der Waals surface area contributed by atoms with Crippen LogP contribution in [-0.4, -0.2) is 19.9 Å². The van der Waals surface area contributed by atoms with Crippen molar-refractivity contribution < 1.29 is 0 Å². The lowest BCUT2D eigenvalue weighted by Gasteiger charge is -2.34. The molecule has 59 heavy (non-hydrogen) atoms. The predicted molar refractivity (Wildman–Crippen MR) is 241 cm³/mol. The summed E-state index contributed by atoms with van der Waals surface area (Å²) in [5.41, 5.74) is 17.0. The van der Waals surface area contributed by atoms with E-state index in [9.17, 15) is 0 Å². The zero-order chi connectivity index (χ0) is 38.9. The third kappa shape index (κ3) is 5.16. The average molecular weight is 751 g/mol. The second-order valence-corrected chi connectivity index (χ2v) is 15.4. The van der Waals surface area contributed by atoms with Crippen LogP contribution < -0.4 is 0 Å². The summed E-state index contributed by atoms with van der Waals surface area (Å²) in [6, 6.07) is 69.9. The molecule has 0 unspecified atom stereocenters. The van der Waals surface area contributed by atoms with E-state index < -0.39 is 5.41 Å². The van der Waals surface area contributed by atoms with E-state index in [0.29, 0.717) is 0 Å². The molecule has 1 aliphatic rings. The molecule has 11 aromatic rings. The Balaban J connectivity index is 0.969. The molecule has 274 valence electrons. The van der Waals surface area contributed by atoms with Crippen LogP contribution in [-0.2, 0) is 5.41 Å². The Morgan fingerprint density at radius 1 is 0.305 bits per heavy atom. The highest BCUT2D eigenvalue weighted by Crippen LogP contribution is 2.56. The summed E-state index contributed by atoms with van der Waals surface area (Å²) >= 11 is 0. The van der Waals surface area contributed by atoms with Gasteiger partial charge in [-0.1, -0.05) is 164 Å². The Labute approximate surface area is 341 Å². The van der Waals surface area contributed by atoms with Crippen LogP contribution in [0.15, 0.2) is 207 Å². The van der Waals surface area contributed by atoms with Gasteiger partial charge < -0.3 is 0 Å². The summed E-state index contributed by atoms with van der Waals surface area (Å²) in [5, 5.41) is 4.35. The van der Waals surface area contributed by atoms with Crippen LogP contribution in [0.1, 0.15) is 22.3 Å². The van der Waals surface area contributed by atoms with Crippen LogP contribution in [0.25, 0.3) is 88.4 Å². The molecule has 0 radical (unpaired) electrons. The second-order valence-electron chi connectivity index (χ2n) is 15.4. The lowest BCUT2D eigenvalue weighted by molar-refractivity contribution is 0.769. The van der Waals surface area contributed by atoms with Crippen molar-refractivity contribution in [2.24, 2.45) is 0 Å². The third-order valence-electron chi connectivity index (χ3n) is 12.2. The van der Waals surface area contributed by atoms with Crippen LogP contribution in [0.5, 0.6) is 0 Å². The molecule has 0 aliphatic heterocycles. The SMILES string of the molecule is c1cc(-c2ccc(-c3ccc4ccc5cccnc5c4n3)cc2)cc(C2(c3ccc(-c4ccc5ccc6cccnc6c5n4)cc3)c3ccccc3-c3ccccc32)c1. The molecule has 4 heterocycles. The molecule has 0 bridgehead atoms. The van der Waals surface area contributed by atoms with Gasteiger partial charge in [-0.2, -0.15) is 0 Å². The Morgan fingerprint density at radius 3 is 1.34 bits per heavy atom. The Morgan fingerprint density at radius 2 is 0.780 bits per heavy atom. The quantitative estimate of drug-likeness (QED) is 0.164. The Hall–Kier alpha value is -7.82. The zero-order valence-electron chi connectivity index (χ0n) is 31.9. The van der Waals surface area contributed by atoms with E-state index in [1.165, 1.54) is 33.4 Å². The Bertz CT molecular complexity index is 3400. The molecule has 0 fully saturated rings. The van der Waals surface area contributed by atoms with Gasteiger partial charge in [0.1, 0.15) is 0 Å². The fourth-order valence-electron chi connectivity index (χ4n) is 9.45. The van der Waals surface area contributed by atoms with E-state index >= 15 is 0 Å². The van der Waals surface area contributed by atoms with Gasteiger partial charge in [0, 0.05) is 45.1 Å². The van der Waals surface area contributed by atoms with Crippen molar-refractivity contribution in [2.45, 2.75) is 5.41 Å². The average Bonchev–Trinajstić information content (AvgIpc) is 3.62. The number of hydrogen-bond donors (Lipinski definition) is 0. The van der Waals surface area contributed by atoms with Gasteiger partial charge in [0.25, 0.3) is 0 Å². The largest absolute Gasteiger partial charge is 0.254 e. The number of nitrogens with zero attached hydrogens (tertiary/aromatic N) is 4. The fourth-order valence-corrected chi connectivity index (χ4v) is 9.45. The van der Waals surface area contributed by atoms with Gasteiger partial charge in [0.05, 0.1) is 38.9 Å². The van der Waals surface area contributed by atoms with Gasteiger partial charge in [-0.3, -0.25) is 9.97 Å². The molecule has 0 atom stereocenters. The standard InChI is InChI=1S/C55H34N4/c1-3-14-47-45(12-1)46-13-2-4-15-48(46)55(47,43-28-24-37(25-29-43)50-31-27-41-23-21-39-10-7-33-57-52(39)54(41)59-50)44-11-5-8-42(34-44)35-16-18-36(19-17-35)49-30-26-40-22-20-38-9-6-32-56-51(38)53(40)58-49/h1-34H. The van der Waals surface area contributed by atoms with E-state index in [1.54, 1.807) is 0 Å². The molecule has 4 heteroatoms. The number of benzene rings is 7. The van der Waals surface area contributed by atoms with Gasteiger partial charge >= 0.3 is 0 Å². The van der Waals surface area contributed by atoms with Gasteiger partial charge in [0.2, 0.25) is 0 Å². The topological polar surface area (TPSA) is 51.6 Å². The monoisotopic (exact) mass is 750 g/mol. The summed E-state index contributed by atoms with van der Waals surface area (Å²) in [6.45, 7) is 0. The Kier molecular flexibility index (Phi) is 7.41. The van der Waals surface area contributed by atoms with Crippen LogP contribution in [0.3, 0.4) is 0 Å². The van der Waals surface area contributed by atoms with Crippen LogP contribution in [0.2, 0.25) is 0 Å². The molecule has 4 aromatic heterocycles. The van der Waals surface area contributed by atoms with Gasteiger partial charge in [0.15, 0.2) is 0 Å². The smallest absolute Gasteiger partial charge is 0.0972 e. The summed E-state index contributed by atoms with van der Waals surface area (Å²) in [6.07, 6.45) is 3.68. The maximum atomic E-state index is 5.17. The minimum atomic E-state index is -0.537. The van der Waals surface area contributed by atoms with Crippen molar-refractivity contribution in [3.63, 3.8) is 0 Å². The molecule has 0 saturated carbocycles. The molecule has 1 aliphatic carbocycles. The normalized spacial score (nSPS) is 12.9. The molecule has 0 saturated heterocycles. The summed E-state index contributed by atoms with van der Waals surface area (Å²) in [5.74, 6) is 0.